The molecule has 0 aliphatic heterocycles. The van der Waals surface area contributed by atoms with Gasteiger partial charge in [0.25, 0.3) is 5.91 Å². The SMILES string of the molecule is O=C(Nc1ccc(Br)c(Cl)c1)/C(=C/c1ccccc1Cl)c1ccccc1. The molecular weight excluding hydrogens is 433 g/mol. The van der Waals surface area contributed by atoms with Gasteiger partial charge in [0, 0.05) is 20.8 Å². The van der Waals surface area contributed by atoms with Crippen molar-refractivity contribution in [2.75, 3.05) is 5.32 Å². The maximum atomic E-state index is 12.9. The molecule has 0 fully saturated rings. The minimum absolute atomic E-state index is 0.241. The second kappa shape index (κ2) is 8.54. The minimum Gasteiger partial charge on any atom is -0.322 e. The third-order valence-electron chi connectivity index (χ3n) is 3.71. The number of amides is 1. The first-order valence-corrected chi connectivity index (χ1v) is 9.37. The van der Waals surface area contributed by atoms with Crippen molar-refractivity contribution in [1.29, 1.82) is 0 Å². The quantitative estimate of drug-likeness (QED) is 0.341. The number of anilines is 1. The van der Waals surface area contributed by atoms with Gasteiger partial charge in [-0.05, 0) is 57.4 Å². The normalized spacial score (nSPS) is 11.3. The highest BCUT2D eigenvalue weighted by molar-refractivity contribution is 9.10. The van der Waals surface area contributed by atoms with Crippen molar-refractivity contribution in [3.8, 4) is 0 Å². The lowest BCUT2D eigenvalue weighted by Gasteiger charge is -2.11. The Kier molecular flexibility index (Phi) is 6.15. The van der Waals surface area contributed by atoms with Gasteiger partial charge in [-0.15, -0.1) is 0 Å². The first kappa shape index (κ1) is 18.7. The van der Waals surface area contributed by atoms with Gasteiger partial charge in [0.2, 0.25) is 0 Å². The molecule has 0 heterocycles. The predicted octanol–water partition coefficient (Wildman–Crippen LogP) is 6.94. The molecule has 3 aromatic carbocycles. The molecule has 0 saturated heterocycles. The second-order valence-electron chi connectivity index (χ2n) is 5.53. The van der Waals surface area contributed by atoms with E-state index < -0.39 is 0 Å². The molecule has 0 radical (unpaired) electrons. The van der Waals surface area contributed by atoms with Crippen molar-refractivity contribution >= 4 is 62.4 Å². The van der Waals surface area contributed by atoms with E-state index in [1.807, 2.05) is 48.5 Å². The molecule has 3 rings (SSSR count). The van der Waals surface area contributed by atoms with Crippen LogP contribution in [-0.4, -0.2) is 5.91 Å². The van der Waals surface area contributed by atoms with Gasteiger partial charge >= 0.3 is 0 Å². The van der Waals surface area contributed by atoms with Gasteiger partial charge in [-0.25, -0.2) is 0 Å². The fourth-order valence-electron chi connectivity index (χ4n) is 2.42. The highest BCUT2D eigenvalue weighted by Gasteiger charge is 2.14. The molecule has 0 aromatic heterocycles. The summed E-state index contributed by atoms with van der Waals surface area (Å²) in [5.41, 5.74) is 2.70. The van der Waals surface area contributed by atoms with Gasteiger partial charge in [0.05, 0.1) is 5.02 Å². The Morgan fingerprint density at radius 3 is 2.27 bits per heavy atom. The summed E-state index contributed by atoms with van der Waals surface area (Å²) >= 11 is 15.7. The summed E-state index contributed by atoms with van der Waals surface area (Å²) in [5.74, 6) is -0.241. The third-order valence-corrected chi connectivity index (χ3v) is 5.29. The Balaban J connectivity index is 1.99. The number of hydrogen-bond donors (Lipinski definition) is 1. The molecule has 0 bridgehead atoms. The van der Waals surface area contributed by atoms with Crippen molar-refractivity contribution in [1.82, 2.24) is 0 Å². The minimum atomic E-state index is -0.241. The lowest BCUT2D eigenvalue weighted by molar-refractivity contribution is -0.111. The number of hydrogen-bond acceptors (Lipinski definition) is 1. The van der Waals surface area contributed by atoms with Gasteiger partial charge in [0.1, 0.15) is 0 Å². The highest BCUT2D eigenvalue weighted by Crippen LogP contribution is 2.28. The van der Waals surface area contributed by atoms with Crippen molar-refractivity contribution in [3.63, 3.8) is 0 Å². The van der Waals surface area contributed by atoms with E-state index in [0.29, 0.717) is 21.3 Å². The number of nitrogens with one attached hydrogen (secondary N) is 1. The summed E-state index contributed by atoms with van der Waals surface area (Å²) in [6.45, 7) is 0. The molecule has 3 aromatic rings. The van der Waals surface area contributed by atoms with Gasteiger partial charge in [-0.3, -0.25) is 4.79 Å². The van der Waals surface area contributed by atoms with Crippen LogP contribution in [0.1, 0.15) is 11.1 Å². The Morgan fingerprint density at radius 1 is 0.885 bits per heavy atom. The zero-order valence-corrected chi connectivity index (χ0v) is 16.6. The van der Waals surface area contributed by atoms with Crippen LogP contribution in [0.15, 0.2) is 77.3 Å². The van der Waals surface area contributed by atoms with Crippen LogP contribution in [0.2, 0.25) is 10.0 Å². The zero-order chi connectivity index (χ0) is 18.5. The van der Waals surface area contributed by atoms with Crippen LogP contribution in [0.3, 0.4) is 0 Å². The molecule has 0 saturated carbocycles. The number of carbonyl (C=O) groups is 1. The van der Waals surface area contributed by atoms with E-state index in [1.54, 1.807) is 30.3 Å². The van der Waals surface area contributed by atoms with E-state index >= 15 is 0 Å². The summed E-state index contributed by atoms with van der Waals surface area (Å²) < 4.78 is 0.770. The lowest BCUT2D eigenvalue weighted by atomic mass is 10.0. The van der Waals surface area contributed by atoms with Crippen LogP contribution in [-0.2, 0) is 4.79 Å². The van der Waals surface area contributed by atoms with Crippen LogP contribution in [0.4, 0.5) is 5.69 Å². The average Bonchev–Trinajstić information content (AvgIpc) is 2.64. The first-order chi connectivity index (χ1) is 12.5. The van der Waals surface area contributed by atoms with Crippen molar-refractivity contribution in [2.24, 2.45) is 0 Å². The Bertz CT molecular complexity index is 971. The summed E-state index contributed by atoms with van der Waals surface area (Å²) in [5, 5.41) is 4.00. The van der Waals surface area contributed by atoms with E-state index in [9.17, 15) is 4.79 Å². The molecule has 26 heavy (non-hydrogen) atoms. The number of carbonyl (C=O) groups excluding carboxylic acids is 1. The van der Waals surface area contributed by atoms with E-state index in [0.717, 1.165) is 15.6 Å². The predicted molar refractivity (Wildman–Crippen MR) is 114 cm³/mol. The summed E-state index contributed by atoms with van der Waals surface area (Å²) in [7, 11) is 0. The first-order valence-electron chi connectivity index (χ1n) is 7.82. The van der Waals surface area contributed by atoms with E-state index in [2.05, 4.69) is 21.2 Å². The van der Waals surface area contributed by atoms with Crippen LogP contribution in [0, 0.1) is 0 Å². The van der Waals surface area contributed by atoms with E-state index in [-0.39, 0.29) is 5.91 Å². The van der Waals surface area contributed by atoms with Crippen molar-refractivity contribution in [3.05, 3.63) is 98.4 Å². The zero-order valence-electron chi connectivity index (χ0n) is 13.5. The van der Waals surface area contributed by atoms with Crippen molar-refractivity contribution in [2.45, 2.75) is 0 Å². The lowest BCUT2D eigenvalue weighted by Crippen LogP contribution is -2.13. The molecule has 130 valence electrons. The smallest absolute Gasteiger partial charge is 0.256 e. The summed E-state index contributed by atoms with van der Waals surface area (Å²) in [4.78, 5) is 12.9. The largest absolute Gasteiger partial charge is 0.322 e. The topological polar surface area (TPSA) is 29.1 Å². The molecule has 0 aliphatic rings. The molecule has 0 atom stereocenters. The maximum absolute atomic E-state index is 12.9. The monoisotopic (exact) mass is 445 g/mol. The Hall–Kier alpha value is -2.07. The van der Waals surface area contributed by atoms with Crippen LogP contribution < -0.4 is 5.32 Å². The molecule has 5 heteroatoms. The number of benzene rings is 3. The van der Waals surface area contributed by atoms with Crippen LogP contribution in [0.25, 0.3) is 11.6 Å². The van der Waals surface area contributed by atoms with Crippen LogP contribution >= 0.6 is 39.1 Å². The van der Waals surface area contributed by atoms with Crippen LogP contribution in [0.5, 0.6) is 0 Å². The molecule has 2 nitrogen and oxygen atoms in total. The Labute approximate surface area is 170 Å². The fourth-order valence-corrected chi connectivity index (χ4v) is 3.04. The molecule has 1 N–H and O–H groups in total. The molecule has 0 aliphatic carbocycles. The van der Waals surface area contributed by atoms with Gasteiger partial charge in [-0.1, -0.05) is 71.7 Å². The standard InChI is InChI=1S/C21H14BrCl2NO/c22-18-11-10-16(13-20(18)24)25-21(26)17(14-6-2-1-3-7-14)12-15-8-4-5-9-19(15)23/h1-13H,(H,25,26)/b17-12+. The molecule has 1 amide bonds. The fraction of sp³-hybridized carbons (Fsp3) is 0. The summed E-state index contributed by atoms with van der Waals surface area (Å²) in [6.07, 6.45) is 1.79. The summed E-state index contributed by atoms with van der Waals surface area (Å²) in [6, 6.07) is 22.1. The average molecular weight is 447 g/mol. The molecule has 0 unspecified atom stereocenters. The molecular formula is C21H14BrCl2NO. The van der Waals surface area contributed by atoms with E-state index in [4.69, 9.17) is 23.2 Å². The highest BCUT2D eigenvalue weighted by atomic mass is 79.9. The number of halogens is 3. The van der Waals surface area contributed by atoms with Crippen molar-refractivity contribution < 1.29 is 4.79 Å². The second-order valence-corrected chi connectivity index (χ2v) is 7.20. The third kappa shape index (κ3) is 4.55. The van der Waals surface area contributed by atoms with Gasteiger partial charge < -0.3 is 5.32 Å². The van der Waals surface area contributed by atoms with Gasteiger partial charge in [0.15, 0.2) is 0 Å². The Morgan fingerprint density at radius 2 is 1.58 bits per heavy atom. The molecule has 0 spiro atoms. The number of rotatable bonds is 4. The maximum Gasteiger partial charge on any atom is 0.256 e. The van der Waals surface area contributed by atoms with E-state index in [1.165, 1.54) is 0 Å². The van der Waals surface area contributed by atoms with Gasteiger partial charge in [-0.2, -0.15) is 0 Å².